The van der Waals surface area contributed by atoms with Crippen LogP contribution in [0.2, 0.25) is 0 Å². The van der Waals surface area contributed by atoms with Crippen LogP contribution in [0.25, 0.3) is 0 Å². The van der Waals surface area contributed by atoms with E-state index in [-0.39, 0.29) is 12.3 Å². The molecule has 0 aromatic heterocycles. The fraction of sp³-hybridized carbons (Fsp3) is 1.00. The van der Waals surface area contributed by atoms with Crippen LogP contribution in [0, 0.1) is 0 Å². The lowest BCUT2D eigenvalue weighted by molar-refractivity contribution is 0.153. The van der Waals surface area contributed by atoms with Gasteiger partial charge in [-0.1, -0.05) is 6.92 Å². The number of hydrogen-bond acceptors (Lipinski definition) is 3. The minimum atomic E-state index is -3.55. The van der Waals surface area contributed by atoms with Crippen molar-refractivity contribution < 1.29 is 17.2 Å². The molecule has 0 aromatic rings. The van der Waals surface area contributed by atoms with Crippen LogP contribution in [0.4, 0.5) is 8.78 Å². The molecule has 2 N–H and O–H groups in total. The highest BCUT2D eigenvalue weighted by atomic mass is 32.2. The van der Waals surface area contributed by atoms with E-state index in [4.69, 9.17) is 0 Å². The molecule has 86 valence electrons. The second kappa shape index (κ2) is 7.08. The van der Waals surface area contributed by atoms with E-state index in [1.54, 1.807) is 0 Å². The Hall–Kier alpha value is -0.270. The van der Waals surface area contributed by atoms with E-state index in [1.165, 1.54) is 0 Å². The second-order valence-corrected chi connectivity index (χ2v) is 4.73. The highest BCUT2D eigenvalue weighted by molar-refractivity contribution is 7.89. The standard InChI is InChI=1S/C7H16F2N2O2S/c1-2-3-10-4-5-14(12,13)11-6-7(8)9/h7,10-11H,2-6H2,1H3. The molecular weight excluding hydrogens is 214 g/mol. The summed E-state index contributed by atoms with van der Waals surface area (Å²) in [6.45, 7) is 2.16. The summed E-state index contributed by atoms with van der Waals surface area (Å²) in [4.78, 5) is 0. The fourth-order valence-corrected chi connectivity index (χ4v) is 1.71. The molecule has 0 aliphatic rings. The summed E-state index contributed by atoms with van der Waals surface area (Å²) in [5.41, 5.74) is 0. The molecule has 4 nitrogen and oxygen atoms in total. The molecule has 0 bridgehead atoms. The zero-order chi connectivity index (χ0) is 11.0. The molecule has 0 fully saturated rings. The summed E-state index contributed by atoms with van der Waals surface area (Å²) < 4.78 is 47.2. The summed E-state index contributed by atoms with van der Waals surface area (Å²) in [7, 11) is -3.55. The van der Waals surface area contributed by atoms with Crippen LogP contribution in [0.1, 0.15) is 13.3 Å². The zero-order valence-corrected chi connectivity index (χ0v) is 8.91. The van der Waals surface area contributed by atoms with Crippen LogP contribution in [-0.4, -0.2) is 40.2 Å². The highest BCUT2D eigenvalue weighted by Gasteiger charge is 2.12. The van der Waals surface area contributed by atoms with E-state index in [0.717, 1.165) is 13.0 Å². The Labute approximate surface area is 83.1 Å². The van der Waals surface area contributed by atoms with Crippen molar-refractivity contribution in [2.24, 2.45) is 0 Å². The first-order valence-corrected chi connectivity index (χ1v) is 6.09. The van der Waals surface area contributed by atoms with Crippen molar-refractivity contribution in [1.82, 2.24) is 10.0 Å². The van der Waals surface area contributed by atoms with Gasteiger partial charge in [-0.25, -0.2) is 21.9 Å². The molecule has 0 aliphatic carbocycles. The highest BCUT2D eigenvalue weighted by Crippen LogP contribution is 1.91. The van der Waals surface area contributed by atoms with Gasteiger partial charge in [0, 0.05) is 6.54 Å². The first-order valence-electron chi connectivity index (χ1n) is 4.44. The number of rotatable bonds is 8. The van der Waals surface area contributed by atoms with Crippen LogP contribution >= 0.6 is 0 Å². The summed E-state index contributed by atoms with van der Waals surface area (Å²) in [6, 6.07) is 0. The van der Waals surface area contributed by atoms with Crippen molar-refractivity contribution in [3.8, 4) is 0 Å². The summed E-state index contributed by atoms with van der Waals surface area (Å²) in [5, 5.41) is 2.87. The first kappa shape index (κ1) is 13.7. The molecule has 0 saturated heterocycles. The van der Waals surface area contributed by atoms with E-state index < -0.39 is 23.0 Å². The Balaban J connectivity index is 3.62. The normalized spacial score (nSPS) is 12.3. The van der Waals surface area contributed by atoms with E-state index in [1.807, 2.05) is 11.6 Å². The van der Waals surface area contributed by atoms with Gasteiger partial charge < -0.3 is 5.32 Å². The zero-order valence-electron chi connectivity index (χ0n) is 8.09. The number of nitrogens with one attached hydrogen (secondary N) is 2. The van der Waals surface area contributed by atoms with Crippen molar-refractivity contribution in [3.63, 3.8) is 0 Å². The maximum atomic E-state index is 11.7. The van der Waals surface area contributed by atoms with Crippen molar-refractivity contribution in [2.45, 2.75) is 19.8 Å². The Bertz CT molecular complexity index is 232. The first-order chi connectivity index (χ1) is 6.48. The molecule has 0 aromatic carbocycles. The van der Waals surface area contributed by atoms with Gasteiger partial charge in [-0.3, -0.25) is 0 Å². The fourth-order valence-electron chi connectivity index (χ4n) is 0.770. The molecule has 0 spiro atoms. The van der Waals surface area contributed by atoms with Gasteiger partial charge in [0.2, 0.25) is 10.0 Å². The molecular formula is C7H16F2N2O2S. The summed E-state index contributed by atoms with van der Waals surface area (Å²) >= 11 is 0. The Morgan fingerprint density at radius 2 is 1.93 bits per heavy atom. The molecule has 0 rings (SSSR count). The lowest BCUT2D eigenvalue weighted by Gasteiger charge is -2.06. The van der Waals surface area contributed by atoms with E-state index in [2.05, 4.69) is 5.32 Å². The Morgan fingerprint density at radius 3 is 2.43 bits per heavy atom. The maximum absolute atomic E-state index is 11.7. The predicted molar refractivity (Wildman–Crippen MR) is 51.0 cm³/mol. The van der Waals surface area contributed by atoms with Crippen LogP contribution in [0.3, 0.4) is 0 Å². The summed E-state index contributed by atoms with van der Waals surface area (Å²) in [6.07, 6.45) is -1.74. The monoisotopic (exact) mass is 230 g/mol. The van der Waals surface area contributed by atoms with Gasteiger partial charge in [0.25, 0.3) is 6.43 Å². The van der Waals surface area contributed by atoms with E-state index >= 15 is 0 Å². The van der Waals surface area contributed by atoms with Gasteiger partial charge in [-0.2, -0.15) is 0 Å². The van der Waals surface area contributed by atoms with Gasteiger partial charge in [0.15, 0.2) is 0 Å². The van der Waals surface area contributed by atoms with Crippen LogP contribution in [0.15, 0.2) is 0 Å². The quantitative estimate of drug-likeness (QED) is 0.584. The van der Waals surface area contributed by atoms with Gasteiger partial charge >= 0.3 is 0 Å². The second-order valence-electron chi connectivity index (χ2n) is 2.81. The average molecular weight is 230 g/mol. The molecule has 0 heterocycles. The average Bonchev–Trinajstić information content (AvgIpc) is 2.10. The van der Waals surface area contributed by atoms with Crippen LogP contribution in [-0.2, 0) is 10.0 Å². The largest absolute Gasteiger partial charge is 0.316 e. The van der Waals surface area contributed by atoms with Crippen molar-refractivity contribution in [2.75, 3.05) is 25.4 Å². The third-order valence-corrected chi connectivity index (χ3v) is 2.78. The molecule has 14 heavy (non-hydrogen) atoms. The van der Waals surface area contributed by atoms with Crippen molar-refractivity contribution >= 4 is 10.0 Å². The molecule has 0 amide bonds. The number of halogens is 2. The molecule has 0 atom stereocenters. The molecule has 0 radical (unpaired) electrons. The lowest BCUT2D eigenvalue weighted by atomic mass is 10.5. The number of alkyl halides is 2. The minimum Gasteiger partial charge on any atom is -0.316 e. The number of sulfonamides is 1. The SMILES string of the molecule is CCCNCCS(=O)(=O)NCC(F)F. The van der Waals surface area contributed by atoms with Gasteiger partial charge in [-0.05, 0) is 13.0 Å². The van der Waals surface area contributed by atoms with Gasteiger partial charge in [-0.15, -0.1) is 0 Å². The Kier molecular flexibility index (Phi) is 6.94. The number of hydrogen-bond donors (Lipinski definition) is 2. The van der Waals surface area contributed by atoms with Gasteiger partial charge in [0.1, 0.15) is 0 Å². The van der Waals surface area contributed by atoms with Crippen molar-refractivity contribution in [1.29, 1.82) is 0 Å². The predicted octanol–water partition coefficient (Wildman–Crippen LogP) is 0.171. The summed E-state index contributed by atoms with van der Waals surface area (Å²) in [5.74, 6) is -0.167. The van der Waals surface area contributed by atoms with Gasteiger partial charge in [0.05, 0.1) is 12.3 Å². The molecule has 0 unspecified atom stereocenters. The Morgan fingerprint density at radius 1 is 1.29 bits per heavy atom. The topological polar surface area (TPSA) is 58.2 Å². The molecule has 7 heteroatoms. The molecule has 0 saturated carbocycles. The lowest BCUT2D eigenvalue weighted by Crippen LogP contribution is -2.34. The third kappa shape index (κ3) is 8.33. The maximum Gasteiger partial charge on any atom is 0.251 e. The smallest absolute Gasteiger partial charge is 0.251 e. The molecule has 0 aliphatic heterocycles. The van der Waals surface area contributed by atoms with Crippen LogP contribution < -0.4 is 10.0 Å². The van der Waals surface area contributed by atoms with E-state index in [9.17, 15) is 17.2 Å². The van der Waals surface area contributed by atoms with E-state index in [0.29, 0.717) is 0 Å². The van der Waals surface area contributed by atoms with Crippen molar-refractivity contribution in [3.05, 3.63) is 0 Å². The minimum absolute atomic E-state index is 0.167. The third-order valence-electron chi connectivity index (χ3n) is 1.43. The van der Waals surface area contributed by atoms with Crippen LogP contribution in [0.5, 0.6) is 0 Å².